The highest BCUT2D eigenvalue weighted by Gasteiger charge is 2.22. The van der Waals surface area contributed by atoms with Crippen LogP contribution in [0, 0.1) is 5.41 Å². The van der Waals surface area contributed by atoms with Crippen LogP contribution in [-0.2, 0) is 20.3 Å². The van der Waals surface area contributed by atoms with E-state index in [1.807, 2.05) is 0 Å². The Morgan fingerprint density at radius 3 is 2.21 bits per heavy atom. The van der Waals surface area contributed by atoms with E-state index in [0.29, 0.717) is 5.56 Å². The normalized spacial score (nSPS) is 14.8. The van der Waals surface area contributed by atoms with E-state index >= 15 is 0 Å². The molecule has 0 aliphatic rings. The summed E-state index contributed by atoms with van der Waals surface area (Å²) in [5, 5.41) is 0.444. The molecule has 1 heterocycles. The molecule has 1 atom stereocenters. The first-order valence-electron chi connectivity index (χ1n) is 5.56. The first-order chi connectivity index (χ1) is 8.49. The van der Waals surface area contributed by atoms with E-state index in [1.54, 1.807) is 32.9 Å². The summed E-state index contributed by atoms with van der Waals surface area (Å²) >= 11 is 11.5. The Labute approximate surface area is 123 Å². The van der Waals surface area contributed by atoms with Gasteiger partial charge in [0, 0.05) is 11.7 Å². The number of hydrogen-bond acceptors (Lipinski definition) is 3. The van der Waals surface area contributed by atoms with Crippen molar-refractivity contribution in [3.63, 3.8) is 0 Å². The van der Waals surface area contributed by atoms with E-state index in [4.69, 9.17) is 23.2 Å². The van der Waals surface area contributed by atoms with Crippen LogP contribution in [-0.4, -0.2) is 21.4 Å². The second kappa shape index (κ2) is 5.77. The van der Waals surface area contributed by atoms with Crippen LogP contribution in [0.2, 0.25) is 10.3 Å². The third kappa shape index (κ3) is 5.47. The van der Waals surface area contributed by atoms with Crippen molar-refractivity contribution >= 4 is 38.8 Å². The molecule has 7 heteroatoms. The maximum atomic E-state index is 12.3. The van der Waals surface area contributed by atoms with Crippen LogP contribution in [0.1, 0.15) is 26.3 Å². The zero-order valence-electron chi connectivity index (χ0n) is 11.2. The summed E-state index contributed by atoms with van der Waals surface area (Å²) in [7, 11) is -2.67. The van der Waals surface area contributed by atoms with Crippen LogP contribution in [0.4, 0.5) is 0 Å². The van der Waals surface area contributed by atoms with Crippen molar-refractivity contribution in [2.24, 2.45) is 9.78 Å². The standard InChI is InChI=1S/C12H16Cl2N2O2S/c1-12(2,3)11(17)16-19(4,18)7-8-5-9(13)15-10(14)6-8/h5-6H,7H2,1-4H3/t19-/m0/s1. The van der Waals surface area contributed by atoms with Gasteiger partial charge in [-0.15, -0.1) is 0 Å². The molecule has 1 aromatic rings. The molecular formula is C12H16Cl2N2O2S. The molecule has 0 fully saturated rings. The van der Waals surface area contributed by atoms with Crippen LogP contribution < -0.4 is 0 Å². The second-order valence-corrected chi connectivity index (χ2v) is 8.54. The molecule has 106 valence electrons. The number of carbonyl (C=O) groups excluding carboxylic acids is 1. The molecule has 0 radical (unpaired) electrons. The Bertz CT molecular complexity index is 594. The first kappa shape index (κ1) is 16.4. The molecule has 0 aromatic carbocycles. The molecule has 1 rings (SSSR count). The van der Waals surface area contributed by atoms with Crippen molar-refractivity contribution in [2.45, 2.75) is 26.5 Å². The monoisotopic (exact) mass is 322 g/mol. The summed E-state index contributed by atoms with van der Waals surface area (Å²) in [4.78, 5) is 15.6. The minimum absolute atomic E-state index is 0.108. The molecule has 0 unspecified atom stereocenters. The van der Waals surface area contributed by atoms with Crippen LogP contribution >= 0.6 is 23.2 Å². The lowest BCUT2D eigenvalue weighted by Gasteiger charge is -2.13. The smallest absolute Gasteiger partial charge is 0.259 e. The van der Waals surface area contributed by atoms with Crippen molar-refractivity contribution in [1.82, 2.24) is 4.98 Å². The fourth-order valence-corrected chi connectivity index (χ4v) is 3.23. The topological polar surface area (TPSA) is 59.4 Å². The van der Waals surface area contributed by atoms with Crippen LogP contribution in [0.25, 0.3) is 0 Å². The third-order valence-electron chi connectivity index (χ3n) is 2.17. The fraction of sp³-hybridized carbons (Fsp3) is 0.500. The van der Waals surface area contributed by atoms with Crippen molar-refractivity contribution in [3.8, 4) is 0 Å². The van der Waals surface area contributed by atoms with Gasteiger partial charge in [0.2, 0.25) is 0 Å². The van der Waals surface area contributed by atoms with Gasteiger partial charge < -0.3 is 0 Å². The largest absolute Gasteiger partial charge is 0.271 e. The van der Waals surface area contributed by atoms with Gasteiger partial charge in [0.15, 0.2) is 0 Å². The zero-order valence-corrected chi connectivity index (χ0v) is 13.6. The molecular weight excluding hydrogens is 307 g/mol. The maximum absolute atomic E-state index is 12.3. The lowest BCUT2D eigenvalue weighted by Crippen LogP contribution is -2.19. The molecule has 0 saturated carbocycles. The van der Waals surface area contributed by atoms with Crippen LogP contribution in [0.15, 0.2) is 16.5 Å². The van der Waals surface area contributed by atoms with Gasteiger partial charge in [-0.2, -0.15) is 4.36 Å². The summed E-state index contributed by atoms with van der Waals surface area (Å²) in [5.74, 6) is -0.275. The molecule has 1 amide bonds. The van der Waals surface area contributed by atoms with Gasteiger partial charge in [0.25, 0.3) is 5.91 Å². The number of amides is 1. The van der Waals surface area contributed by atoms with Gasteiger partial charge >= 0.3 is 0 Å². The number of carbonyl (C=O) groups is 1. The highest BCUT2D eigenvalue weighted by atomic mass is 35.5. The molecule has 0 bridgehead atoms. The number of rotatable bonds is 2. The van der Waals surface area contributed by atoms with Gasteiger partial charge in [-0.1, -0.05) is 44.0 Å². The number of pyridine rings is 1. The van der Waals surface area contributed by atoms with Gasteiger partial charge in [0.05, 0.1) is 15.5 Å². The Balaban J connectivity index is 3.06. The Hall–Kier alpha value is -0.650. The van der Waals surface area contributed by atoms with Crippen molar-refractivity contribution in [1.29, 1.82) is 0 Å². The SMILES string of the molecule is CC(C)(C)C(=O)N=[S@@](C)(=O)Cc1cc(Cl)nc(Cl)c1. The van der Waals surface area contributed by atoms with Crippen molar-refractivity contribution in [3.05, 3.63) is 28.0 Å². The molecule has 0 saturated heterocycles. The average Bonchev–Trinajstić information content (AvgIpc) is 2.11. The number of nitrogens with zero attached hydrogens (tertiary/aromatic N) is 2. The van der Waals surface area contributed by atoms with E-state index in [9.17, 15) is 9.00 Å². The van der Waals surface area contributed by atoms with Gasteiger partial charge in [0.1, 0.15) is 10.3 Å². The fourth-order valence-electron chi connectivity index (χ4n) is 1.25. The second-order valence-electron chi connectivity index (χ2n) is 5.37. The minimum atomic E-state index is -2.67. The zero-order chi connectivity index (χ0) is 14.8. The number of hydrogen-bond donors (Lipinski definition) is 0. The average molecular weight is 323 g/mol. The minimum Gasteiger partial charge on any atom is -0.271 e. The van der Waals surface area contributed by atoms with E-state index in [2.05, 4.69) is 9.35 Å². The molecule has 0 aliphatic heterocycles. The van der Waals surface area contributed by atoms with E-state index in [-0.39, 0.29) is 22.0 Å². The molecule has 1 aromatic heterocycles. The number of halogens is 2. The first-order valence-corrected chi connectivity index (χ1v) is 8.41. The maximum Gasteiger partial charge on any atom is 0.259 e. The summed E-state index contributed by atoms with van der Waals surface area (Å²) in [6.45, 7) is 5.19. The Morgan fingerprint density at radius 1 is 1.32 bits per heavy atom. The highest BCUT2D eigenvalue weighted by molar-refractivity contribution is 7.92. The lowest BCUT2D eigenvalue weighted by atomic mass is 9.96. The van der Waals surface area contributed by atoms with Crippen LogP contribution in [0.3, 0.4) is 0 Å². The Kier molecular flexibility index (Phi) is 4.98. The van der Waals surface area contributed by atoms with Crippen LogP contribution in [0.5, 0.6) is 0 Å². The van der Waals surface area contributed by atoms with E-state index in [0.717, 1.165) is 0 Å². The Morgan fingerprint density at radius 2 is 1.79 bits per heavy atom. The molecule has 4 nitrogen and oxygen atoms in total. The molecule has 0 N–H and O–H groups in total. The summed E-state index contributed by atoms with van der Waals surface area (Å²) in [6.07, 6.45) is 1.44. The van der Waals surface area contributed by atoms with Crippen molar-refractivity contribution < 1.29 is 9.00 Å². The quantitative estimate of drug-likeness (QED) is 0.782. The molecule has 0 spiro atoms. The highest BCUT2D eigenvalue weighted by Crippen LogP contribution is 2.20. The van der Waals surface area contributed by atoms with E-state index in [1.165, 1.54) is 6.26 Å². The van der Waals surface area contributed by atoms with Gasteiger partial charge in [-0.3, -0.25) is 4.79 Å². The lowest BCUT2D eigenvalue weighted by molar-refractivity contribution is -0.124. The van der Waals surface area contributed by atoms with Crippen molar-refractivity contribution in [2.75, 3.05) is 6.26 Å². The predicted octanol–water partition coefficient (Wildman–Crippen LogP) is 3.56. The summed E-state index contributed by atoms with van der Waals surface area (Å²) < 4.78 is 16.2. The predicted molar refractivity (Wildman–Crippen MR) is 78.9 cm³/mol. The van der Waals surface area contributed by atoms with Gasteiger partial charge in [-0.05, 0) is 17.7 Å². The van der Waals surface area contributed by atoms with E-state index < -0.39 is 15.1 Å². The third-order valence-corrected chi connectivity index (χ3v) is 3.98. The number of aromatic nitrogens is 1. The summed E-state index contributed by atoms with van der Waals surface area (Å²) in [6, 6.07) is 3.13. The molecule has 19 heavy (non-hydrogen) atoms. The van der Waals surface area contributed by atoms with Gasteiger partial charge in [-0.25, -0.2) is 9.19 Å². The summed E-state index contributed by atoms with van der Waals surface area (Å²) in [5.41, 5.74) is -0.00499. The molecule has 0 aliphatic carbocycles.